The molecule has 1 atom stereocenters. The Morgan fingerprint density at radius 3 is 2.73 bits per heavy atom. The van der Waals surface area contributed by atoms with E-state index in [-0.39, 0.29) is 18.4 Å². The Morgan fingerprint density at radius 2 is 2.09 bits per heavy atom. The van der Waals surface area contributed by atoms with Crippen LogP contribution in [0.15, 0.2) is 18.2 Å². The highest BCUT2D eigenvalue weighted by molar-refractivity contribution is 6.31. The lowest BCUT2D eigenvalue weighted by atomic mass is 10.1. The van der Waals surface area contributed by atoms with Crippen LogP contribution in [0.2, 0.25) is 5.02 Å². The molecule has 0 bridgehead atoms. The van der Waals surface area contributed by atoms with Gasteiger partial charge < -0.3 is 19.3 Å². The van der Waals surface area contributed by atoms with Gasteiger partial charge >= 0.3 is 0 Å². The van der Waals surface area contributed by atoms with Crippen LogP contribution in [-0.2, 0) is 14.3 Å². The second-order valence-electron chi connectivity index (χ2n) is 5.00. The van der Waals surface area contributed by atoms with Gasteiger partial charge in [0, 0.05) is 25.2 Å². The zero-order valence-corrected chi connectivity index (χ0v) is 13.6. The summed E-state index contributed by atoms with van der Waals surface area (Å²) in [5.74, 6) is 0.207. The van der Waals surface area contributed by atoms with E-state index in [2.05, 4.69) is 0 Å². The molecule has 0 aromatic heterocycles. The molecule has 0 radical (unpaired) electrons. The Bertz CT molecular complexity index is 579. The lowest BCUT2D eigenvalue weighted by Gasteiger charge is -2.39. The summed E-state index contributed by atoms with van der Waals surface area (Å²) in [7, 11) is 3.00. The van der Waals surface area contributed by atoms with Crippen molar-refractivity contribution in [3.63, 3.8) is 0 Å². The number of hydrogen-bond donors (Lipinski definition) is 0. The van der Waals surface area contributed by atoms with Crippen LogP contribution in [0.1, 0.15) is 6.92 Å². The van der Waals surface area contributed by atoms with Crippen LogP contribution in [0.4, 0.5) is 5.69 Å². The van der Waals surface area contributed by atoms with Crippen LogP contribution in [0.5, 0.6) is 5.75 Å². The maximum atomic E-state index is 12.6. The first-order chi connectivity index (χ1) is 10.5. The third kappa shape index (κ3) is 3.18. The van der Waals surface area contributed by atoms with Crippen LogP contribution in [0.25, 0.3) is 0 Å². The zero-order valence-electron chi connectivity index (χ0n) is 12.8. The van der Waals surface area contributed by atoms with Crippen LogP contribution in [-0.4, -0.2) is 56.7 Å². The van der Waals surface area contributed by atoms with Crippen molar-refractivity contribution < 1.29 is 19.1 Å². The van der Waals surface area contributed by atoms with Gasteiger partial charge in [-0.2, -0.15) is 0 Å². The molecule has 6 nitrogen and oxygen atoms in total. The van der Waals surface area contributed by atoms with Gasteiger partial charge in [-0.15, -0.1) is 0 Å². The van der Waals surface area contributed by atoms with Crippen molar-refractivity contribution in [2.75, 3.05) is 38.8 Å². The van der Waals surface area contributed by atoms with Crippen LogP contribution in [0.3, 0.4) is 0 Å². The van der Waals surface area contributed by atoms with Gasteiger partial charge in [0.05, 0.1) is 12.8 Å². The van der Waals surface area contributed by atoms with Gasteiger partial charge in [-0.1, -0.05) is 11.6 Å². The molecule has 2 rings (SSSR count). The Morgan fingerprint density at radius 1 is 1.36 bits per heavy atom. The molecule has 120 valence electrons. The van der Waals surface area contributed by atoms with Crippen molar-refractivity contribution >= 4 is 29.1 Å². The summed E-state index contributed by atoms with van der Waals surface area (Å²) in [6.45, 7) is 2.50. The van der Waals surface area contributed by atoms with E-state index in [1.165, 1.54) is 12.0 Å². The third-order valence-electron chi connectivity index (χ3n) is 3.68. The lowest BCUT2D eigenvalue weighted by molar-refractivity contribution is -0.143. The average Bonchev–Trinajstić information content (AvgIpc) is 2.50. The summed E-state index contributed by atoms with van der Waals surface area (Å²) in [6.07, 6.45) is 0. The van der Waals surface area contributed by atoms with Gasteiger partial charge in [0.1, 0.15) is 18.4 Å². The number of rotatable bonds is 4. The molecular formula is C15H19ClN2O4. The van der Waals surface area contributed by atoms with Crippen molar-refractivity contribution in [2.24, 2.45) is 0 Å². The average molecular weight is 327 g/mol. The largest absolute Gasteiger partial charge is 0.495 e. The van der Waals surface area contributed by atoms with E-state index in [0.29, 0.717) is 29.5 Å². The van der Waals surface area contributed by atoms with Crippen LogP contribution < -0.4 is 9.64 Å². The van der Waals surface area contributed by atoms with Crippen molar-refractivity contribution in [1.29, 1.82) is 0 Å². The lowest BCUT2D eigenvalue weighted by Crippen LogP contribution is -2.58. The molecule has 1 aliphatic heterocycles. The van der Waals surface area contributed by atoms with E-state index in [4.69, 9.17) is 21.1 Å². The molecule has 1 heterocycles. The molecule has 1 aliphatic rings. The molecule has 1 aromatic rings. The molecule has 22 heavy (non-hydrogen) atoms. The highest BCUT2D eigenvalue weighted by Gasteiger charge is 2.35. The molecular weight excluding hydrogens is 308 g/mol. The molecule has 0 spiro atoms. The van der Waals surface area contributed by atoms with Crippen molar-refractivity contribution in [1.82, 2.24) is 4.90 Å². The minimum atomic E-state index is -0.555. The Kier molecular flexibility index (Phi) is 5.26. The first-order valence-electron chi connectivity index (χ1n) is 6.93. The van der Waals surface area contributed by atoms with E-state index in [1.54, 1.807) is 37.1 Å². The maximum absolute atomic E-state index is 12.6. The van der Waals surface area contributed by atoms with E-state index >= 15 is 0 Å². The summed E-state index contributed by atoms with van der Waals surface area (Å²) >= 11 is 6.02. The predicted molar refractivity (Wildman–Crippen MR) is 83.4 cm³/mol. The molecule has 1 aromatic carbocycles. The van der Waals surface area contributed by atoms with E-state index in [0.717, 1.165) is 0 Å². The number of nitrogens with zero attached hydrogens (tertiary/aromatic N) is 2. The fourth-order valence-electron chi connectivity index (χ4n) is 2.53. The minimum Gasteiger partial charge on any atom is -0.495 e. The highest BCUT2D eigenvalue weighted by Crippen LogP contribution is 2.33. The number of carbonyl (C=O) groups excluding carboxylic acids is 2. The second-order valence-corrected chi connectivity index (χ2v) is 5.44. The number of halogens is 1. The number of anilines is 1. The van der Waals surface area contributed by atoms with Gasteiger partial charge in [-0.05, 0) is 25.1 Å². The van der Waals surface area contributed by atoms with Crippen molar-refractivity contribution in [2.45, 2.75) is 13.0 Å². The quantitative estimate of drug-likeness (QED) is 0.842. The van der Waals surface area contributed by atoms with Gasteiger partial charge in [-0.25, -0.2) is 0 Å². The predicted octanol–water partition coefficient (Wildman–Crippen LogP) is 1.56. The van der Waals surface area contributed by atoms with Gasteiger partial charge in [0.25, 0.3) is 0 Å². The van der Waals surface area contributed by atoms with Crippen LogP contribution in [0, 0.1) is 0 Å². The molecule has 2 amide bonds. The molecule has 0 saturated carbocycles. The minimum absolute atomic E-state index is 0.0297. The standard InChI is InChI=1S/C15H19ClN2O4/c1-10-15(20)18(7-6-17(10)14(19)9-21-2)12-8-11(16)4-5-13(12)22-3/h4-5,8,10H,6-7,9H2,1-3H3/t10-/m1/s1. The SMILES string of the molecule is COCC(=O)N1CCN(c2cc(Cl)ccc2OC)C(=O)[C@H]1C. The highest BCUT2D eigenvalue weighted by atomic mass is 35.5. The van der Waals surface area contributed by atoms with E-state index in [9.17, 15) is 9.59 Å². The fourth-order valence-corrected chi connectivity index (χ4v) is 2.70. The van der Waals surface area contributed by atoms with E-state index in [1.807, 2.05) is 0 Å². The second kappa shape index (κ2) is 6.98. The first kappa shape index (κ1) is 16.6. The van der Waals surface area contributed by atoms with Gasteiger partial charge in [0.2, 0.25) is 11.8 Å². The number of methoxy groups -OCH3 is 2. The zero-order chi connectivity index (χ0) is 16.3. The first-order valence-corrected chi connectivity index (χ1v) is 7.30. The fraction of sp³-hybridized carbons (Fsp3) is 0.467. The molecule has 1 fully saturated rings. The van der Waals surface area contributed by atoms with Crippen molar-refractivity contribution in [3.8, 4) is 5.75 Å². The molecule has 0 unspecified atom stereocenters. The van der Waals surface area contributed by atoms with E-state index < -0.39 is 6.04 Å². The Balaban J connectivity index is 2.25. The summed E-state index contributed by atoms with van der Waals surface area (Å²) in [5.41, 5.74) is 0.616. The maximum Gasteiger partial charge on any atom is 0.249 e. The third-order valence-corrected chi connectivity index (χ3v) is 3.91. The Hall–Kier alpha value is -1.79. The number of piperazine rings is 1. The summed E-state index contributed by atoms with van der Waals surface area (Å²) in [5, 5.41) is 0.522. The van der Waals surface area contributed by atoms with Crippen molar-refractivity contribution in [3.05, 3.63) is 23.2 Å². The number of hydrogen-bond acceptors (Lipinski definition) is 4. The number of ether oxygens (including phenoxy) is 2. The Labute approximate surface area is 134 Å². The van der Waals surface area contributed by atoms with Crippen LogP contribution >= 0.6 is 11.6 Å². The van der Waals surface area contributed by atoms with Gasteiger partial charge in [0.15, 0.2) is 0 Å². The molecule has 7 heteroatoms. The smallest absolute Gasteiger partial charge is 0.249 e. The number of carbonyl (C=O) groups is 2. The number of amides is 2. The molecule has 0 aliphatic carbocycles. The molecule has 0 N–H and O–H groups in total. The summed E-state index contributed by atoms with van der Waals surface area (Å²) in [6, 6.07) is 4.56. The summed E-state index contributed by atoms with van der Waals surface area (Å²) in [4.78, 5) is 27.7. The molecule has 1 saturated heterocycles. The summed E-state index contributed by atoms with van der Waals surface area (Å²) < 4.78 is 10.1. The monoisotopic (exact) mass is 326 g/mol. The van der Waals surface area contributed by atoms with Gasteiger partial charge in [-0.3, -0.25) is 9.59 Å². The normalized spacial score (nSPS) is 18.5. The topological polar surface area (TPSA) is 59.1 Å². The number of benzene rings is 1.